The van der Waals surface area contributed by atoms with E-state index in [1.165, 1.54) is 0 Å². The van der Waals surface area contributed by atoms with Gasteiger partial charge in [-0.05, 0) is 26.0 Å². The third kappa shape index (κ3) is 2.61. The topological polar surface area (TPSA) is 57.0 Å². The number of hydrogen-bond donors (Lipinski definition) is 0. The molecule has 0 radical (unpaired) electrons. The van der Waals surface area contributed by atoms with Gasteiger partial charge in [-0.1, -0.05) is 11.6 Å². The number of rotatable bonds is 3. The minimum atomic E-state index is -0.374. The van der Waals surface area contributed by atoms with Crippen LogP contribution in [0.3, 0.4) is 0 Å². The molecule has 2 rings (SSSR count). The van der Waals surface area contributed by atoms with E-state index in [9.17, 15) is 4.79 Å². The maximum atomic E-state index is 11.7. The van der Waals surface area contributed by atoms with Crippen LogP contribution in [-0.4, -0.2) is 27.3 Å². The average Bonchev–Trinajstić information content (AvgIpc) is 2.64. The first-order valence-corrected chi connectivity index (χ1v) is 6.25. The summed E-state index contributed by atoms with van der Waals surface area (Å²) in [5.74, 6) is -0.374. The van der Waals surface area contributed by atoms with Gasteiger partial charge in [-0.2, -0.15) is 5.10 Å². The van der Waals surface area contributed by atoms with Crippen molar-refractivity contribution < 1.29 is 9.53 Å². The van der Waals surface area contributed by atoms with Crippen LogP contribution >= 0.6 is 11.6 Å². The first-order chi connectivity index (χ1) is 9.04. The molecule has 0 unspecified atom stereocenters. The molecule has 2 aromatic rings. The first kappa shape index (κ1) is 13.5. The molecule has 0 aliphatic heterocycles. The molecule has 0 spiro atoms. The van der Waals surface area contributed by atoms with Crippen LogP contribution in [0.15, 0.2) is 18.3 Å². The zero-order valence-corrected chi connectivity index (χ0v) is 11.7. The van der Waals surface area contributed by atoms with E-state index < -0.39 is 0 Å². The molecular weight excluding hydrogens is 266 g/mol. The van der Waals surface area contributed by atoms with Crippen LogP contribution in [0.1, 0.15) is 23.0 Å². The molecule has 0 aromatic carbocycles. The molecule has 0 bridgehead atoms. The molecule has 5 nitrogen and oxygen atoms in total. The summed E-state index contributed by atoms with van der Waals surface area (Å²) >= 11 is 6.20. The molecule has 100 valence electrons. The van der Waals surface area contributed by atoms with Gasteiger partial charge < -0.3 is 4.74 Å². The van der Waals surface area contributed by atoms with Gasteiger partial charge in [-0.15, -0.1) is 0 Å². The summed E-state index contributed by atoms with van der Waals surface area (Å²) in [6.45, 7) is 3.92. The second kappa shape index (κ2) is 5.40. The molecule has 0 aliphatic carbocycles. The lowest BCUT2D eigenvalue weighted by atomic mass is 10.2. The Balaban J connectivity index is 2.46. The number of pyridine rings is 1. The standard InChI is InChI=1S/C13H14ClN3O2/c1-4-19-13(18)9-5-6-15-10(7-9)12-11(14)8(2)16-17(12)3/h5-7H,4H2,1-3H3. The number of aryl methyl sites for hydroxylation is 2. The summed E-state index contributed by atoms with van der Waals surface area (Å²) in [5, 5.41) is 4.76. The van der Waals surface area contributed by atoms with E-state index in [0.717, 1.165) is 5.69 Å². The minimum Gasteiger partial charge on any atom is -0.462 e. The van der Waals surface area contributed by atoms with Crippen molar-refractivity contribution >= 4 is 17.6 Å². The summed E-state index contributed by atoms with van der Waals surface area (Å²) in [5.41, 5.74) is 2.45. The molecule has 0 aliphatic rings. The Bertz CT molecular complexity index is 622. The zero-order chi connectivity index (χ0) is 14.0. The van der Waals surface area contributed by atoms with E-state index in [-0.39, 0.29) is 5.97 Å². The fourth-order valence-corrected chi connectivity index (χ4v) is 2.07. The average molecular weight is 280 g/mol. The van der Waals surface area contributed by atoms with Crippen LogP contribution < -0.4 is 0 Å². The molecular formula is C13H14ClN3O2. The maximum Gasteiger partial charge on any atom is 0.338 e. The van der Waals surface area contributed by atoms with Gasteiger partial charge in [0.05, 0.1) is 28.6 Å². The molecule has 2 heterocycles. The SMILES string of the molecule is CCOC(=O)c1ccnc(-c2c(Cl)c(C)nn2C)c1. The normalized spacial score (nSPS) is 10.5. The van der Waals surface area contributed by atoms with Crippen molar-refractivity contribution in [3.8, 4) is 11.4 Å². The van der Waals surface area contributed by atoms with Crippen LogP contribution in [-0.2, 0) is 11.8 Å². The molecule has 2 aromatic heterocycles. The van der Waals surface area contributed by atoms with Gasteiger partial charge >= 0.3 is 5.97 Å². The predicted octanol–water partition coefficient (Wildman–Crippen LogP) is 2.62. The lowest BCUT2D eigenvalue weighted by Gasteiger charge is -2.05. The summed E-state index contributed by atoms with van der Waals surface area (Å²) in [6.07, 6.45) is 1.56. The van der Waals surface area contributed by atoms with E-state index in [0.29, 0.717) is 28.6 Å². The fourth-order valence-electron chi connectivity index (χ4n) is 1.81. The molecule has 0 amide bonds. The Hall–Kier alpha value is -1.88. The highest BCUT2D eigenvalue weighted by Gasteiger charge is 2.16. The van der Waals surface area contributed by atoms with Gasteiger partial charge in [-0.25, -0.2) is 4.79 Å². The van der Waals surface area contributed by atoms with Gasteiger partial charge in [0.1, 0.15) is 5.69 Å². The maximum absolute atomic E-state index is 11.7. The van der Waals surface area contributed by atoms with Crippen molar-refractivity contribution in [2.75, 3.05) is 6.61 Å². The summed E-state index contributed by atoms with van der Waals surface area (Å²) in [7, 11) is 1.78. The summed E-state index contributed by atoms with van der Waals surface area (Å²) in [4.78, 5) is 15.9. The number of ether oxygens (including phenoxy) is 1. The number of halogens is 1. The molecule has 0 atom stereocenters. The van der Waals surface area contributed by atoms with Crippen molar-refractivity contribution in [3.63, 3.8) is 0 Å². The minimum absolute atomic E-state index is 0.335. The van der Waals surface area contributed by atoms with Gasteiger partial charge in [0.2, 0.25) is 0 Å². The van der Waals surface area contributed by atoms with Crippen molar-refractivity contribution in [1.82, 2.24) is 14.8 Å². The van der Waals surface area contributed by atoms with Crippen LogP contribution in [0, 0.1) is 6.92 Å². The number of esters is 1. The monoisotopic (exact) mass is 279 g/mol. The number of hydrogen-bond acceptors (Lipinski definition) is 4. The summed E-state index contributed by atoms with van der Waals surface area (Å²) in [6, 6.07) is 3.26. The first-order valence-electron chi connectivity index (χ1n) is 5.87. The van der Waals surface area contributed by atoms with E-state index in [1.54, 1.807) is 37.0 Å². The molecule has 0 saturated heterocycles. The van der Waals surface area contributed by atoms with Crippen LogP contribution in [0.5, 0.6) is 0 Å². The van der Waals surface area contributed by atoms with Gasteiger partial charge in [0.25, 0.3) is 0 Å². The zero-order valence-electron chi connectivity index (χ0n) is 11.0. The smallest absolute Gasteiger partial charge is 0.338 e. The van der Waals surface area contributed by atoms with Crippen molar-refractivity contribution in [2.24, 2.45) is 7.05 Å². The molecule has 0 saturated carbocycles. The van der Waals surface area contributed by atoms with Crippen molar-refractivity contribution in [3.05, 3.63) is 34.6 Å². The van der Waals surface area contributed by atoms with Crippen LogP contribution in [0.4, 0.5) is 0 Å². The third-order valence-corrected chi connectivity index (χ3v) is 3.12. The largest absolute Gasteiger partial charge is 0.462 e. The Morgan fingerprint density at radius 2 is 2.26 bits per heavy atom. The van der Waals surface area contributed by atoms with Crippen LogP contribution in [0.25, 0.3) is 11.4 Å². The predicted molar refractivity (Wildman–Crippen MR) is 72.1 cm³/mol. The Labute approximate surface area is 116 Å². The Kier molecular flexibility index (Phi) is 3.85. The second-order valence-corrected chi connectivity index (χ2v) is 4.40. The van der Waals surface area contributed by atoms with Crippen molar-refractivity contribution in [2.45, 2.75) is 13.8 Å². The third-order valence-electron chi connectivity index (χ3n) is 2.66. The quantitative estimate of drug-likeness (QED) is 0.811. The van der Waals surface area contributed by atoms with E-state index >= 15 is 0 Å². The van der Waals surface area contributed by atoms with E-state index in [4.69, 9.17) is 16.3 Å². The van der Waals surface area contributed by atoms with E-state index in [2.05, 4.69) is 10.1 Å². The highest BCUT2D eigenvalue weighted by molar-refractivity contribution is 6.33. The number of carbonyl (C=O) groups is 1. The van der Waals surface area contributed by atoms with Gasteiger partial charge in [0.15, 0.2) is 0 Å². The molecule has 0 fully saturated rings. The van der Waals surface area contributed by atoms with Gasteiger partial charge in [-0.3, -0.25) is 9.67 Å². The number of aromatic nitrogens is 3. The number of nitrogens with zero attached hydrogens (tertiary/aromatic N) is 3. The lowest BCUT2D eigenvalue weighted by molar-refractivity contribution is 0.0526. The molecule has 0 N–H and O–H groups in total. The Morgan fingerprint density at radius 1 is 1.53 bits per heavy atom. The van der Waals surface area contributed by atoms with Gasteiger partial charge in [0, 0.05) is 13.2 Å². The molecule has 19 heavy (non-hydrogen) atoms. The second-order valence-electron chi connectivity index (χ2n) is 4.02. The highest BCUT2D eigenvalue weighted by Crippen LogP contribution is 2.28. The number of carbonyl (C=O) groups excluding carboxylic acids is 1. The van der Waals surface area contributed by atoms with Crippen molar-refractivity contribution in [1.29, 1.82) is 0 Å². The lowest BCUT2D eigenvalue weighted by Crippen LogP contribution is -2.05. The van der Waals surface area contributed by atoms with Crippen LogP contribution in [0.2, 0.25) is 5.02 Å². The molecule has 6 heteroatoms. The summed E-state index contributed by atoms with van der Waals surface area (Å²) < 4.78 is 6.61. The fraction of sp³-hybridized carbons (Fsp3) is 0.308. The van der Waals surface area contributed by atoms with E-state index in [1.807, 2.05) is 6.92 Å². The Morgan fingerprint density at radius 3 is 2.84 bits per heavy atom. The highest BCUT2D eigenvalue weighted by atomic mass is 35.5.